The minimum Gasteiger partial charge on any atom is -0.357 e. The van der Waals surface area contributed by atoms with Crippen LogP contribution >= 0.6 is 0 Å². The van der Waals surface area contributed by atoms with Crippen molar-refractivity contribution >= 4 is 5.96 Å². The van der Waals surface area contributed by atoms with Crippen LogP contribution in [0.2, 0.25) is 0 Å². The van der Waals surface area contributed by atoms with Crippen LogP contribution in [0.3, 0.4) is 0 Å². The van der Waals surface area contributed by atoms with Crippen LogP contribution in [-0.2, 0) is 6.54 Å². The fourth-order valence-electron chi connectivity index (χ4n) is 1.49. The molecule has 0 aromatic heterocycles. The molecule has 0 saturated heterocycles. The summed E-state index contributed by atoms with van der Waals surface area (Å²) in [5, 5.41) is 6.37. The highest BCUT2D eigenvalue weighted by Gasteiger charge is 1.95. The van der Waals surface area contributed by atoms with E-state index >= 15 is 0 Å². The molecule has 0 heterocycles. The van der Waals surface area contributed by atoms with E-state index in [0.717, 1.165) is 19.0 Å². The molecule has 0 aliphatic carbocycles. The lowest BCUT2D eigenvalue weighted by atomic mass is 10.1. The number of hydrogen-bond acceptors (Lipinski definition) is 1. The molecule has 0 aliphatic rings. The van der Waals surface area contributed by atoms with Crippen LogP contribution in [0, 0.1) is 6.92 Å². The number of benzene rings is 1. The van der Waals surface area contributed by atoms with Gasteiger partial charge in [-0.15, -0.1) is 6.58 Å². The number of guanidine groups is 1. The summed E-state index contributed by atoms with van der Waals surface area (Å²) in [6.45, 7) is 10.1. The van der Waals surface area contributed by atoms with Crippen molar-refractivity contribution in [1.82, 2.24) is 10.6 Å². The molecule has 2 N–H and O–H groups in total. The van der Waals surface area contributed by atoms with Gasteiger partial charge in [0, 0.05) is 13.1 Å². The Bertz CT molecular complexity index is 383. The molecule has 0 unspecified atom stereocenters. The molecule has 1 rings (SSSR count). The zero-order chi connectivity index (χ0) is 12.5. The molecule has 17 heavy (non-hydrogen) atoms. The van der Waals surface area contributed by atoms with Gasteiger partial charge in [-0.25, -0.2) is 4.99 Å². The van der Waals surface area contributed by atoms with Crippen molar-refractivity contribution in [3.8, 4) is 0 Å². The van der Waals surface area contributed by atoms with Gasteiger partial charge >= 0.3 is 0 Å². The molecule has 3 nitrogen and oxygen atoms in total. The first-order valence-corrected chi connectivity index (χ1v) is 5.95. The van der Waals surface area contributed by atoms with Crippen molar-refractivity contribution < 1.29 is 0 Å². The fourth-order valence-corrected chi connectivity index (χ4v) is 1.49. The van der Waals surface area contributed by atoms with Crippen LogP contribution in [0.25, 0.3) is 0 Å². The molecule has 0 amide bonds. The highest BCUT2D eigenvalue weighted by molar-refractivity contribution is 5.79. The van der Waals surface area contributed by atoms with Gasteiger partial charge in [-0.05, 0) is 19.4 Å². The summed E-state index contributed by atoms with van der Waals surface area (Å²) >= 11 is 0. The molecule has 92 valence electrons. The molecule has 0 aliphatic heterocycles. The first kappa shape index (κ1) is 13.3. The summed E-state index contributed by atoms with van der Waals surface area (Å²) < 4.78 is 0. The Labute approximate surface area is 104 Å². The maximum Gasteiger partial charge on any atom is 0.191 e. The van der Waals surface area contributed by atoms with Gasteiger partial charge in [0.2, 0.25) is 0 Å². The van der Waals surface area contributed by atoms with Gasteiger partial charge in [-0.1, -0.05) is 35.9 Å². The number of hydrogen-bond donors (Lipinski definition) is 2. The lowest BCUT2D eigenvalue weighted by molar-refractivity contribution is 0.860. The third kappa shape index (κ3) is 5.20. The van der Waals surface area contributed by atoms with Crippen LogP contribution in [0.15, 0.2) is 41.9 Å². The van der Waals surface area contributed by atoms with Crippen molar-refractivity contribution in [1.29, 1.82) is 0 Å². The topological polar surface area (TPSA) is 36.4 Å². The second kappa shape index (κ2) is 7.49. The molecular formula is C14H21N3. The van der Waals surface area contributed by atoms with Crippen molar-refractivity contribution in [2.45, 2.75) is 20.4 Å². The van der Waals surface area contributed by atoms with Gasteiger partial charge in [-0.2, -0.15) is 0 Å². The van der Waals surface area contributed by atoms with E-state index in [0.29, 0.717) is 6.54 Å². The number of nitrogens with zero attached hydrogens (tertiary/aromatic N) is 1. The van der Waals surface area contributed by atoms with E-state index in [4.69, 9.17) is 0 Å². The minimum absolute atomic E-state index is 0.689. The molecule has 0 spiro atoms. The van der Waals surface area contributed by atoms with Crippen molar-refractivity contribution in [3.63, 3.8) is 0 Å². The second-order valence-electron chi connectivity index (χ2n) is 3.85. The molecule has 1 aromatic carbocycles. The maximum absolute atomic E-state index is 4.51. The molecule has 0 atom stereocenters. The van der Waals surface area contributed by atoms with Gasteiger partial charge in [0.25, 0.3) is 0 Å². The summed E-state index contributed by atoms with van der Waals surface area (Å²) in [5.74, 6) is 0.828. The van der Waals surface area contributed by atoms with Gasteiger partial charge in [0.1, 0.15) is 0 Å². The lowest BCUT2D eigenvalue weighted by Gasteiger charge is -2.09. The van der Waals surface area contributed by atoms with E-state index in [-0.39, 0.29) is 0 Å². The van der Waals surface area contributed by atoms with Gasteiger partial charge < -0.3 is 10.6 Å². The van der Waals surface area contributed by atoms with Crippen LogP contribution in [0.5, 0.6) is 0 Å². The van der Waals surface area contributed by atoms with E-state index in [9.17, 15) is 0 Å². The predicted molar refractivity (Wildman–Crippen MR) is 74.2 cm³/mol. The van der Waals surface area contributed by atoms with Gasteiger partial charge in [-0.3, -0.25) is 0 Å². The van der Waals surface area contributed by atoms with E-state index in [2.05, 4.69) is 60.3 Å². The third-order valence-corrected chi connectivity index (χ3v) is 2.26. The third-order valence-electron chi connectivity index (χ3n) is 2.26. The number of rotatable bonds is 5. The largest absolute Gasteiger partial charge is 0.357 e. The number of aliphatic imine (C=N–C) groups is 1. The van der Waals surface area contributed by atoms with E-state index < -0.39 is 0 Å². The molecule has 0 bridgehead atoms. The van der Waals surface area contributed by atoms with Crippen LogP contribution in [0.1, 0.15) is 18.1 Å². The highest BCUT2D eigenvalue weighted by Crippen LogP contribution is 2.04. The van der Waals surface area contributed by atoms with Crippen LogP contribution in [0.4, 0.5) is 0 Å². The molecule has 0 radical (unpaired) electrons. The van der Waals surface area contributed by atoms with E-state index in [1.807, 2.05) is 6.08 Å². The molecule has 1 aromatic rings. The van der Waals surface area contributed by atoms with Gasteiger partial charge in [0.05, 0.1) is 6.54 Å². The van der Waals surface area contributed by atoms with Crippen molar-refractivity contribution in [3.05, 3.63) is 48.0 Å². The summed E-state index contributed by atoms with van der Waals surface area (Å²) in [6.07, 6.45) is 1.82. The first-order chi connectivity index (χ1) is 8.26. The molecule has 0 fully saturated rings. The summed E-state index contributed by atoms with van der Waals surface area (Å²) in [6, 6.07) is 8.40. The molecule has 0 saturated carbocycles. The first-order valence-electron chi connectivity index (χ1n) is 5.95. The minimum atomic E-state index is 0.689. The summed E-state index contributed by atoms with van der Waals surface area (Å²) in [7, 11) is 0. The van der Waals surface area contributed by atoms with E-state index in [1.165, 1.54) is 11.1 Å². The Hall–Kier alpha value is -1.77. The maximum atomic E-state index is 4.51. The number of aryl methyl sites for hydroxylation is 1. The smallest absolute Gasteiger partial charge is 0.191 e. The zero-order valence-corrected chi connectivity index (χ0v) is 10.7. The van der Waals surface area contributed by atoms with Gasteiger partial charge in [0.15, 0.2) is 5.96 Å². The lowest BCUT2D eigenvalue weighted by Crippen LogP contribution is -2.37. The Kier molecular flexibility index (Phi) is 5.86. The Morgan fingerprint density at radius 3 is 2.88 bits per heavy atom. The second-order valence-corrected chi connectivity index (χ2v) is 3.85. The van der Waals surface area contributed by atoms with Crippen molar-refractivity contribution in [2.24, 2.45) is 4.99 Å². The van der Waals surface area contributed by atoms with E-state index in [1.54, 1.807) is 0 Å². The number of nitrogens with one attached hydrogen (secondary N) is 2. The molecule has 3 heteroatoms. The average molecular weight is 231 g/mol. The Morgan fingerprint density at radius 1 is 1.41 bits per heavy atom. The highest BCUT2D eigenvalue weighted by atomic mass is 15.2. The Balaban J connectivity index is 2.61. The average Bonchev–Trinajstić information content (AvgIpc) is 2.33. The fraction of sp³-hybridized carbons (Fsp3) is 0.357. The van der Waals surface area contributed by atoms with Crippen LogP contribution < -0.4 is 10.6 Å². The SMILES string of the molecule is C=CCNC(=NCc1cccc(C)c1)NCC. The normalized spacial score (nSPS) is 11.1. The summed E-state index contributed by atoms with van der Waals surface area (Å²) in [5.41, 5.74) is 2.49. The van der Waals surface area contributed by atoms with Crippen LogP contribution in [-0.4, -0.2) is 19.0 Å². The van der Waals surface area contributed by atoms with Crippen molar-refractivity contribution in [2.75, 3.05) is 13.1 Å². The standard InChI is InChI=1S/C14H21N3/c1-4-9-16-14(15-5-2)17-11-13-8-6-7-12(3)10-13/h4,6-8,10H,1,5,9,11H2,2-3H3,(H2,15,16,17). The monoisotopic (exact) mass is 231 g/mol. The zero-order valence-electron chi connectivity index (χ0n) is 10.7. The predicted octanol–water partition coefficient (Wildman–Crippen LogP) is 2.24. The Morgan fingerprint density at radius 2 is 2.24 bits per heavy atom. The molecular weight excluding hydrogens is 210 g/mol. The quantitative estimate of drug-likeness (QED) is 0.463. The summed E-state index contributed by atoms with van der Waals surface area (Å²) in [4.78, 5) is 4.51.